The van der Waals surface area contributed by atoms with Gasteiger partial charge in [0.1, 0.15) is 5.69 Å². The van der Waals surface area contributed by atoms with Gasteiger partial charge in [-0.2, -0.15) is 11.8 Å². The molecule has 0 aliphatic heterocycles. The molecule has 0 saturated heterocycles. The fraction of sp³-hybridized carbons (Fsp3) is 0.364. The lowest BCUT2D eigenvalue weighted by Crippen LogP contribution is -2.35. The summed E-state index contributed by atoms with van der Waals surface area (Å²) in [6.45, 7) is 1.86. The molecule has 1 amide bonds. The Morgan fingerprint density at radius 3 is 2.88 bits per heavy atom. The molecule has 6 heteroatoms. The fourth-order valence-corrected chi connectivity index (χ4v) is 1.93. The number of nitrogens with one attached hydrogen (secondary N) is 1. The van der Waals surface area contributed by atoms with Gasteiger partial charge in [-0.3, -0.25) is 9.78 Å². The molecule has 2 N–H and O–H groups in total. The van der Waals surface area contributed by atoms with Crippen LogP contribution in [0.5, 0.6) is 0 Å². The predicted molar refractivity (Wildman–Crippen MR) is 66.5 cm³/mol. The van der Waals surface area contributed by atoms with Crippen LogP contribution in [-0.2, 0) is 0 Å². The Morgan fingerprint density at radius 1 is 1.59 bits per heavy atom. The minimum atomic E-state index is -1.15. The summed E-state index contributed by atoms with van der Waals surface area (Å²) in [6, 6.07) is 2.83. The number of carboxylic acids is 1. The van der Waals surface area contributed by atoms with Gasteiger partial charge in [0.25, 0.3) is 5.91 Å². The van der Waals surface area contributed by atoms with Gasteiger partial charge in [-0.15, -0.1) is 0 Å². The molecule has 1 aromatic heterocycles. The summed E-state index contributed by atoms with van der Waals surface area (Å²) in [6.07, 6.45) is 3.34. The number of rotatable bonds is 5. The van der Waals surface area contributed by atoms with Crippen LogP contribution in [0.1, 0.15) is 27.8 Å². The highest BCUT2D eigenvalue weighted by Gasteiger charge is 2.18. The van der Waals surface area contributed by atoms with E-state index in [9.17, 15) is 9.59 Å². The third kappa shape index (κ3) is 3.74. The molecule has 0 aliphatic rings. The van der Waals surface area contributed by atoms with Crippen molar-refractivity contribution >= 4 is 23.6 Å². The second-order valence-corrected chi connectivity index (χ2v) is 4.45. The number of thioether (sulfide) groups is 1. The van der Waals surface area contributed by atoms with Crippen LogP contribution in [0.4, 0.5) is 0 Å². The quantitative estimate of drug-likeness (QED) is 0.827. The van der Waals surface area contributed by atoms with Crippen molar-refractivity contribution in [3.8, 4) is 0 Å². The fourth-order valence-electron chi connectivity index (χ4n) is 1.34. The van der Waals surface area contributed by atoms with E-state index in [4.69, 9.17) is 5.11 Å². The minimum absolute atomic E-state index is 0.0267. The largest absolute Gasteiger partial charge is 0.478 e. The number of carboxylic acid groups (broad SMARTS) is 1. The van der Waals surface area contributed by atoms with Gasteiger partial charge in [0.2, 0.25) is 0 Å². The van der Waals surface area contributed by atoms with Crippen molar-refractivity contribution in [2.75, 3.05) is 12.0 Å². The summed E-state index contributed by atoms with van der Waals surface area (Å²) in [4.78, 5) is 26.5. The molecule has 0 spiro atoms. The third-order valence-corrected chi connectivity index (χ3v) is 2.88. The Kier molecular flexibility index (Phi) is 4.96. The van der Waals surface area contributed by atoms with Crippen LogP contribution in [0.25, 0.3) is 0 Å². The number of aromatic nitrogens is 1. The first-order valence-corrected chi connectivity index (χ1v) is 6.43. The van der Waals surface area contributed by atoms with E-state index in [1.165, 1.54) is 18.3 Å². The topological polar surface area (TPSA) is 79.3 Å². The zero-order chi connectivity index (χ0) is 12.8. The first-order chi connectivity index (χ1) is 8.06. The molecule has 1 unspecified atom stereocenters. The lowest BCUT2D eigenvalue weighted by atomic mass is 10.2. The van der Waals surface area contributed by atoms with E-state index in [0.717, 1.165) is 5.75 Å². The highest BCUT2D eigenvalue weighted by atomic mass is 32.2. The number of carbonyl (C=O) groups is 2. The molecule has 17 heavy (non-hydrogen) atoms. The second kappa shape index (κ2) is 6.24. The highest BCUT2D eigenvalue weighted by molar-refractivity contribution is 7.98. The summed E-state index contributed by atoms with van der Waals surface area (Å²) >= 11 is 1.61. The first kappa shape index (κ1) is 13.5. The van der Waals surface area contributed by atoms with Crippen LogP contribution in [-0.4, -0.2) is 40.0 Å². The van der Waals surface area contributed by atoms with Gasteiger partial charge in [-0.05, 0) is 25.3 Å². The summed E-state index contributed by atoms with van der Waals surface area (Å²) in [5, 5.41) is 11.6. The Balaban J connectivity index is 2.85. The van der Waals surface area contributed by atoms with Gasteiger partial charge >= 0.3 is 5.97 Å². The zero-order valence-electron chi connectivity index (χ0n) is 9.64. The molecule has 0 bridgehead atoms. The van der Waals surface area contributed by atoms with Crippen LogP contribution in [0.15, 0.2) is 18.3 Å². The Bertz CT molecular complexity index is 423. The molecule has 1 heterocycles. The Hall–Kier alpha value is -1.56. The van der Waals surface area contributed by atoms with Gasteiger partial charge in [0.05, 0.1) is 5.56 Å². The number of amides is 1. The van der Waals surface area contributed by atoms with E-state index < -0.39 is 11.9 Å². The van der Waals surface area contributed by atoms with Crippen LogP contribution in [0.2, 0.25) is 0 Å². The van der Waals surface area contributed by atoms with E-state index in [0.29, 0.717) is 0 Å². The number of pyridine rings is 1. The number of hydrogen-bond acceptors (Lipinski definition) is 4. The molecule has 0 aromatic carbocycles. The number of nitrogens with zero attached hydrogens (tertiary/aromatic N) is 1. The molecule has 92 valence electrons. The van der Waals surface area contributed by atoms with E-state index >= 15 is 0 Å². The minimum Gasteiger partial charge on any atom is -0.478 e. The Morgan fingerprint density at radius 2 is 2.29 bits per heavy atom. The average molecular weight is 254 g/mol. The zero-order valence-corrected chi connectivity index (χ0v) is 10.5. The van der Waals surface area contributed by atoms with Gasteiger partial charge in [0, 0.05) is 18.0 Å². The SMILES string of the molecule is CSCC(C)NC(=O)c1ncccc1C(=O)O. The summed E-state index contributed by atoms with van der Waals surface area (Å²) in [5.41, 5.74) is -0.130. The van der Waals surface area contributed by atoms with Gasteiger partial charge in [0.15, 0.2) is 0 Å². The van der Waals surface area contributed by atoms with Crippen molar-refractivity contribution in [2.45, 2.75) is 13.0 Å². The van der Waals surface area contributed by atoms with Crippen molar-refractivity contribution in [2.24, 2.45) is 0 Å². The Labute approximate surface area is 104 Å². The molecule has 5 nitrogen and oxygen atoms in total. The predicted octanol–water partition coefficient (Wildman–Crippen LogP) is 1.26. The summed E-state index contributed by atoms with van der Waals surface area (Å²) < 4.78 is 0. The van der Waals surface area contributed by atoms with Crippen LogP contribution >= 0.6 is 11.8 Å². The van der Waals surface area contributed by atoms with Crippen LogP contribution in [0, 0.1) is 0 Å². The van der Waals surface area contributed by atoms with Crippen molar-refractivity contribution in [3.05, 3.63) is 29.6 Å². The lowest BCUT2D eigenvalue weighted by Gasteiger charge is -2.12. The highest BCUT2D eigenvalue weighted by Crippen LogP contribution is 2.06. The standard InChI is InChI=1S/C11H14N2O3S/c1-7(6-17-2)13-10(14)9-8(11(15)16)4-3-5-12-9/h3-5,7H,6H2,1-2H3,(H,13,14)(H,15,16). The van der Waals surface area contributed by atoms with Gasteiger partial charge < -0.3 is 10.4 Å². The molecule has 1 atom stereocenters. The molecule has 0 aliphatic carbocycles. The van der Waals surface area contributed by atoms with Crippen LogP contribution < -0.4 is 5.32 Å². The van der Waals surface area contributed by atoms with Crippen molar-refractivity contribution in [3.63, 3.8) is 0 Å². The van der Waals surface area contributed by atoms with Gasteiger partial charge in [-0.1, -0.05) is 0 Å². The van der Waals surface area contributed by atoms with E-state index in [2.05, 4.69) is 10.3 Å². The molecular weight excluding hydrogens is 240 g/mol. The van der Waals surface area contributed by atoms with E-state index in [-0.39, 0.29) is 17.3 Å². The molecule has 0 radical (unpaired) electrons. The van der Waals surface area contributed by atoms with Crippen molar-refractivity contribution in [1.82, 2.24) is 10.3 Å². The maximum atomic E-state index is 11.8. The third-order valence-electron chi connectivity index (χ3n) is 2.05. The lowest BCUT2D eigenvalue weighted by molar-refractivity contribution is 0.0689. The molecular formula is C11H14N2O3S. The van der Waals surface area contributed by atoms with E-state index in [1.807, 2.05) is 13.2 Å². The number of carbonyl (C=O) groups excluding carboxylic acids is 1. The van der Waals surface area contributed by atoms with E-state index in [1.54, 1.807) is 11.8 Å². The first-order valence-electron chi connectivity index (χ1n) is 5.04. The van der Waals surface area contributed by atoms with Crippen molar-refractivity contribution < 1.29 is 14.7 Å². The number of hydrogen-bond donors (Lipinski definition) is 2. The smallest absolute Gasteiger partial charge is 0.338 e. The second-order valence-electron chi connectivity index (χ2n) is 3.53. The molecule has 1 rings (SSSR count). The maximum absolute atomic E-state index is 11.8. The normalized spacial score (nSPS) is 11.9. The molecule has 0 saturated carbocycles. The molecule has 0 fully saturated rings. The maximum Gasteiger partial charge on any atom is 0.338 e. The number of aromatic carboxylic acids is 1. The molecule has 1 aromatic rings. The monoisotopic (exact) mass is 254 g/mol. The van der Waals surface area contributed by atoms with Gasteiger partial charge in [-0.25, -0.2) is 4.79 Å². The summed E-state index contributed by atoms with van der Waals surface area (Å²) in [7, 11) is 0. The average Bonchev–Trinajstić information content (AvgIpc) is 2.29. The van der Waals surface area contributed by atoms with Crippen molar-refractivity contribution in [1.29, 1.82) is 0 Å². The summed E-state index contributed by atoms with van der Waals surface area (Å²) in [5.74, 6) is -0.841. The van der Waals surface area contributed by atoms with Crippen LogP contribution in [0.3, 0.4) is 0 Å².